The van der Waals surface area contributed by atoms with Crippen molar-refractivity contribution in [3.05, 3.63) is 33.4 Å². The maximum atomic E-state index is 6.43. The van der Waals surface area contributed by atoms with Crippen LogP contribution in [0.25, 0.3) is 0 Å². The van der Waals surface area contributed by atoms with Gasteiger partial charge in [-0.25, -0.2) is 0 Å². The first-order valence-electron chi connectivity index (χ1n) is 6.76. The molecule has 0 bridgehead atoms. The van der Waals surface area contributed by atoms with E-state index in [1.165, 1.54) is 52.6 Å². The van der Waals surface area contributed by atoms with Gasteiger partial charge in [0.25, 0.3) is 0 Å². The van der Waals surface area contributed by atoms with E-state index in [4.69, 9.17) is 5.73 Å². The summed E-state index contributed by atoms with van der Waals surface area (Å²) >= 11 is 0. The minimum absolute atomic E-state index is 0. The molecule has 1 aliphatic carbocycles. The average Bonchev–Trinajstić information content (AvgIpc) is 3.08. The lowest BCUT2D eigenvalue weighted by molar-refractivity contribution is 0.590. The maximum Gasteiger partial charge on any atom is 0.0302 e. The lowest BCUT2D eigenvalue weighted by Gasteiger charge is -2.23. The van der Waals surface area contributed by atoms with Gasteiger partial charge in [0.1, 0.15) is 0 Å². The van der Waals surface area contributed by atoms with Gasteiger partial charge in [-0.1, -0.05) is 12.8 Å². The van der Waals surface area contributed by atoms with Crippen molar-refractivity contribution in [1.29, 1.82) is 0 Å². The number of benzene rings is 1. The van der Waals surface area contributed by atoms with E-state index >= 15 is 0 Å². The van der Waals surface area contributed by atoms with Gasteiger partial charge in [-0.2, -0.15) is 0 Å². The minimum Gasteiger partial charge on any atom is -0.324 e. The van der Waals surface area contributed by atoms with Crippen molar-refractivity contribution in [2.24, 2.45) is 11.7 Å². The molecule has 2 rings (SSSR count). The zero-order chi connectivity index (χ0) is 12.7. The van der Waals surface area contributed by atoms with E-state index in [9.17, 15) is 0 Å². The summed E-state index contributed by atoms with van der Waals surface area (Å²) in [7, 11) is 0. The van der Waals surface area contributed by atoms with E-state index < -0.39 is 0 Å². The van der Waals surface area contributed by atoms with Gasteiger partial charge in [-0.3, -0.25) is 0 Å². The number of nitrogens with two attached hydrogens (primary N) is 1. The van der Waals surface area contributed by atoms with E-state index in [-0.39, 0.29) is 18.4 Å². The summed E-state index contributed by atoms with van der Waals surface area (Å²) in [5, 5.41) is 0. The summed E-state index contributed by atoms with van der Waals surface area (Å²) in [6.45, 7) is 11.1. The van der Waals surface area contributed by atoms with Gasteiger partial charge in [0.15, 0.2) is 0 Å². The molecule has 0 heterocycles. The molecule has 102 valence electrons. The Hall–Kier alpha value is -0.530. The zero-order valence-electron chi connectivity index (χ0n) is 12.3. The Balaban J connectivity index is 0.00000162. The molecule has 0 spiro atoms. The molecule has 2 N–H and O–H groups in total. The Morgan fingerprint density at radius 2 is 1.28 bits per heavy atom. The second-order valence-electron chi connectivity index (χ2n) is 5.82. The van der Waals surface area contributed by atoms with Crippen molar-refractivity contribution in [2.75, 3.05) is 0 Å². The predicted molar refractivity (Wildman–Crippen MR) is 81.6 cm³/mol. The summed E-state index contributed by atoms with van der Waals surface area (Å²) in [6.07, 6.45) is 3.94. The van der Waals surface area contributed by atoms with Crippen LogP contribution in [0, 0.1) is 40.5 Å². The third kappa shape index (κ3) is 2.73. The van der Waals surface area contributed by atoms with Crippen LogP contribution in [0.3, 0.4) is 0 Å². The molecule has 1 fully saturated rings. The number of halogens is 1. The SMILES string of the molecule is Cc1c(C)c(C)c([C@H](N)CC2CC2)c(C)c1C.Cl. The Kier molecular flexibility index (Phi) is 4.85. The van der Waals surface area contributed by atoms with Crippen molar-refractivity contribution in [3.8, 4) is 0 Å². The van der Waals surface area contributed by atoms with E-state index in [2.05, 4.69) is 34.6 Å². The first-order chi connectivity index (χ1) is 7.93. The predicted octanol–water partition coefficient (Wildman–Crippen LogP) is 4.45. The van der Waals surface area contributed by atoms with Gasteiger partial charge >= 0.3 is 0 Å². The highest BCUT2D eigenvalue weighted by molar-refractivity contribution is 5.85. The standard InChI is InChI=1S/C16H25N.ClH/c1-9-10(2)12(4)16(13(5)11(9)3)15(17)8-14-6-7-14;/h14-15H,6-8,17H2,1-5H3;1H/t15-;/m1./s1. The van der Waals surface area contributed by atoms with Crippen LogP contribution in [-0.2, 0) is 0 Å². The molecule has 1 nitrogen and oxygen atoms in total. The molecule has 1 saturated carbocycles. The van der Waals surface area contributed by atoms with Crippen LogP contribution in [0.15, 0.2) is 0 Å². The van der Waals surface area contributed by atoms with Crippen LogP contribution >= 0.6 is 12.4 Å². The normalized spacial score (nSPS) is 16.3. The van der Waals surface area contributed by atoms with Crippen LogP contribution in [0.2, 0.25) is 0 Å². The van der Waals surface area contributed by atoms with Crippen LogP contribution in [0.4, 0.5) is 0 Å². The Labute approximate surface area is 118 Å². The molecule has 0 saturated heterocycles. The summed E-state index contributed by atoms with van der Waals surface area (Å²) in [5.74, 6) is 0.894. The highest BCUT2D eigenvalue weighted by Gasteiger charge is 2.26. The molecule has 0 unspecified atom stereocenters. The zero-order valence-corrected chi connectivity index (χ0v) is 13.1. The van der Waals surface area contributed by atoms with E-state index in [1.807, 2.05) is 0 Å². The first-order valence-corrected chi connectivity index (χ1v) is 6.76. The van der Waals surface area contributed by atoms with Crippen molar-refractivity contribution in [3.63, 3.8) is 0 Å². The fourth-order valence-corrected chi connectivity index (χ4v) is 2.92. The van der Waals surface area contributed by atoms with Crippen molar-refractivity contribution >= 4 is 12.4 Å². The monoisotopic (exact) mass is 267 g/mol. The minimum atomic E-state index is 0. The molecule has 1 atom stereocenters. The first kappa shape index (κ1) is 15.5. The van der Waals surface area contributed by atoms with Crippen LogP contribution in [0.5, 0.6) is 0 Å². The fourth-order valence-electron chi connectivity index (χ4n) is 2.92. The molecule has 18 heavy (non-hydrogen) atoms. The quantitative estimate of drug-likeness (QED) is 0.860. The molecule has 1 aromatic carbocycles. The second-order valence-corrected chi connectivity index (χ2v) is 5.82. The number of hydrogen-bond acceptors (Lipinski definition) is 1. The molecule has 2 heteroatoms. The lowest BCUT2D eigenvalue weighted by Crippen LogP contribution is -2.16. The summed E-state index contributed by atoms with van der Waals surface area (Å²) in [5.41, 5.74) is 15.0. The van der Waals surface area contributed by atoms with Crippen LogP contribution in [-0.4, -0.2) is 0 Å². The van der Waals surface area contributed by atoms with Crippen molar-refractivity contribution < 1.29 is 0 Å². The van der Waals surface area contributed by atoms with Gasteiger partial charge in [-0.15, -0.1) is 12.4 Å². The largest absolute Gasteiger partial charge is 0.324 e. The van der Waals surface area contributed by atoms with E-state index in [0.29, 0.717) is 0 Å². The van der Waals surface area contributed by atoms with Crippen molar-refractivity contribution in [2.45, 2.75) is 59.9 Å². The summed E-state index contributed by atoms with van der Waals surface area (Å²) in [6, 6.07) is 0.237. The fraction of sp³-hybridized carbons (Fsp3) is 0.625. The third-order valence-corrected chi connectivity index (χ3v) is 4.71. The van der Waals surface area contributed by atoms with E-state index in [1.54, 1.807) is 0 Å². The second kappa shape index (κ2) is 5.63. The summed E-state index contributed by atoms with van der Waals surface area (Å²) in [4.78, 5) is 0. The third-order valence-electron chi connectivity index (χ3n) is 4.71. The Morgan fingerprint density at radius 3 is 1.67 bits per heavy atom. The number of rotatable bonds is 3. The smallest absolute Gasteiger partial charge is 0.0302 e. The highest BCUT2D eigenvalue weighted by atomic mass is 35.5. The molecule has 0 aromatic heterocycles. The molecular formula is C16H26ClN. The van der Waals surface area contributed by atoms with Crippen molar-refractivity contribution in [1.82, 2.24) is 0 Å². The maximum absolute atomic E-state index is 6.43. The number of hydrogen-bond donors (Lipinski definition) is 1. The summed E-state index contributed by atoms with van der Waals surface area (Å²) < 4.78 is 0. The topological polar surface area (TPSA) is 26.0 Å². The molecule has 1 aromatic rings. The molecule has 0 amide bonds. The van der Waals surface area contributed by atoms with Gasteiger partial charge in [0, 0.05) is 6.04 Å². The van der Waals surface area contributed by atoms with Crippen LogP contribution < -0.4 is 5.73 Å². The van der Waals surface area contributed by atoms with Gasteiger partial charge in [0.05, 0.1) is 0 Å². The Bertz CT molecular complexity index is 418. The highest BCUT2D eigenvalue weighted by Crippen LogP contribution is 2.39. The van der Waals surface area contributed by atoms with E-state index in [0.717, 1.165) is 5.92 Å². The molecule has 0 radical (unpaired) electrons. The average molecular weight is 268 g/mol. The molecule has 1 aliphatic rings. The lowest BCUT2D eigenvalue weighted by atomic mass is 9.85. The Morgan fingerprint density at radius 1 is 0.889 bits per heavy atom. The van der Waals surface area contributed by atoms with Crippen LogP contribution in [0.1, 0.15) is 58.7 Å². The van der Waals surface area contributed by atoms with Gasteiger partial charge in [-0.05, 0) is 80.3 Å². The molecule has 0 aliphatic heterocycles. The van der Waals surface area contributed by atoms with Gasteiger partial charge in [0.2, 0.25) is 0 Å². The van der Waals surface area contributed by atoms with Gasteiger partial charge < -0.3 is 5.73 Å². The molecular weight excluding hydrogens is 242 g/mol.